The van der Waals surface area contributed by atoms with Gasteiger partial charge in [-0.1, -0.05) is 60.7 Å². The number of likely N-dealkylation sites (tertiary alicyclic amines) is 1. The number of amides is 1. The molecular formula is C26H37IN4O2. The third kappa shape index (κ3) is 8.97. The topological polar surface area (TPSA) is 77.0 Å². The number of carbonyl (C=O) groups is 1. The monoisotopic (exact) mass is 564 g/mol. The second-order valence-electron chi connectivity index (χ2n) is 8.38. The van der Waals surface area contributed by atoms with Crippen molar-refractivity contribution in [3.8, 4) is 0 Å². The first-order valence-corrected chi connectivity index (χ1v) is 11.7. The minimum atomic E-state index is -0.0283. The van der Waals surface area contributed by atoms with Gasteiger partial charge in [0, 0.05) is 32.1 Å². The van der Waals surface area contributed by atoms with Gasteiger partial charge in [0.1, 0.15) is 6.54 Å². The highest BCUT2D eigenvalue weighted by atomic mass is 127. The fourth-order valence-corrected chi connectivity index (χ4v) is 4.16. The van der Waals surface area contributed by atoms with Crippen LogP contribution in [0.3, 0.4) is 0 Å². The number of rotatable bonds is 9. The quantitative estimate of drug-likeness (QED) is 0.248. The van der Waals surface area contributed by atoms with Crippen molar-refractivity contribution in [2.24, 2.45) is 10.9 Å². The van der Waals surface area contributed by atoms with Gasteiger partial charge in [-0.15, -0.1) is 24.0 Å². The van der Waals surface area contributed by atoms with E-state index < -0.39 is 0 Å². The van der Waals surface area contributed by atoms with Crippen LogP contribution < -0.4 is 10.6 Å². The lowest BCUT2D eigenvalue weighted by Crippen LogP contribution is -2.42. The largest absolute Gasteiger partial charge is 0.396 e. The van der Waals surface area contributed by atoms with Gasteiger partial charge in [-0.3, -0.25) is 4.79 Å². The van der Waals surface area contributed by atoms with Crippen molar-refractivity contribution in [1.29, 1.82) is 0 Å². The van der Waals surface area contributed by atoms with Crippen molar-refractivity contribution in [3.63, 3.8) is 0 Å². The number of hydrogen-bond donors (Lipinski definition) is 3. The third-order valence-electron chi connectivity index (χ3n) is 6.06. The highest BCUT2D eigenvalue weighted by Gasteiger charge is 2.22. The van der Waals surface area contributed by atoms with E-state index in [0.717, 1.165) is 37.9 Å². The predicted octanol–water partition coefficient (Wildman–Crippen LogP) is 3.42. The number of guanidine groups is 1. The molecule has 1 unspecified atom stereocenters. The zero-order chi connectivity index (χ0) is 22.6. The fraction of sp³-hybridized carbons (Fsp3) is 0.462. The normalized spacial score (nSPS) is 15.5. The first-order valence-electron chi connectivity index (χ1n) is 11.7. The summed E-state index contributed by atoms with van der Waals surface area (Å²) in [5.41, 5.74) is 2.45. The molecule has 0 bridgehead atoms. The van der Waals surface area contributed by atoms with Crippen LogP contribution in [0.15, 0.2) is 65.7 Å². The molecule has 3 N–H and O–H groups in total. The average Bonchev–Trinajstić information content (AvgIpc) is 2.84. The molecule has 0 saturated carbocycles. The van der Waals surface area contributed by atoms with E-state index in [-0.39, 0.29) is 49.0 Å². The number of benzene rings is 2. The minimum Gasteiger partial charge on any atom is -0.396 e. The van der Waals surface area contributed by atoms with E-state index in [1.54, 1.807) is 0 Å². The number of aliphatic hydroxyl groups is 1. The Bertz CT molecular complexity index is 840. The van der Waals surface area contributed by atoms with Crippen molar-refractivity contribution >= 4 is 35.8 Å². The molecule has 2 aromatic rings. The molecule has 0 aromatic heterocycles. The number of aliphatic hydroxyl groups excluding tert-OH is 1. The number of carbonyl (C=O) groups excluding carboxylic acids is 1. The van der Waals surface area contributed by atoms with Crippen molar-refractivity contribution in [1.82, 2.24) is 15.5 Å². The van der Waals surface area contributed by atoms with Gasteiger partial charge >= 0.3 is 0 Å². The van der Waals surface area contributed by atoms with Crippen LogP contribution in [-0.4, -0.2) is 61.2 Å². The molecule has 6 nitrogen and oxygen atoms in total. The Morgan fingerprint density at radius 3 is 2.30 bits per heavy atom. The van der Waals surface area contributed by atoms with Crippen LogP contribution in [0.4, 0.5) is 0 Å². The molecular weight excluding hydrogens is 527 g/mol. The second-order valence-corrected chi connectivity index (χ2v) is 8.38. The van der Waals surface area contributed by atoms with Crippen LogP contribution in [-0.2, 0) is 11.2 Å². The molecule has 1 fully saturated rings. The number of nitrogens with one attached hydrogen (secondary N) is 2. The maximum atomic E-state index is 12.7. The van der Waals surface area contributed by atoms with Crippen molar-refractivity contribution in [2.45, 2.75) is 32.1 Å². The van der Waals surface area contributed by atoms with E-state index in [4.69, 9.17) is 0 Å². The number of piperidine rings is 1. The van der Waals surface area contributed by atoms with Gasteiger partial charge in [0.2, 0.25) is 5.91 Å². The first kappa shape index (κ1) is 27.1. The summed E-state index contributed by atoms with van der Waals surface area (Å²) < 4.78 is 0. The smallest absolute Gasteiger partial charge is 0.244 e. The zero-order valence-corrected chi connectivity index (χ0v) is 21.8. The molecule has 1 heterocycles. The van der Waals surface area contributed by atoms with E-state index in [1.807, 2.05) is 48.2 Å². The van der Waals surface area contributed by atoms with Gasteiger partial charge in [0.05, 0.1) is 6.61 Å². The highest BCUT2D eigenvalue weighted by Crippen LogP contribution is 2.21. The van der Waals surface area contributed by atoms with Crippen molar-refractivity contribution < 1.29 is 9.90 Å². The van der Waals surface area contributed by atoms with E-state index >= 15 is 0 Å². The minimum absolute atomic E-state index is 0. The molecule has 2 aromatic carbocycles. The van der Waals surface area contributed by atoms with Crippen molar-refractivity contribution in [2.75, 3.05) is 39.3 Å². The molecule has 1 aliphatic rings. The van der Waals surface area contributed by atoms with Gasteiger partial charge in [0.15, 0.2) is 5.96 Å². The van der Waals surface area contributed by atoms with Crippen LogP contribution in [0.2, 0.25) is 0 Å². The number of nitrogens with zero attached hydrogens (tertiary/aromatic N) is 2. The molecule has 3 rings (SSSR count). The van der Waals surface area contributed by atoms with Crippen LogP contribution >= 0.6 is 24.0 Å². The van der Waals surface area contributed by atoms with E-state index in [2.05, 4.69) is 39.9 Å². The van der Waals surface area contributed by atoms with E-state index in [0.29, 0.717) is 25.0 Å². The molecule has 1 atom stereocenters. The molecule has 0 aliphatic carbocycles. The lowest BCUT2D eigenvalue weighted by Gasteiger charge is -2.32. The molecule has 0 spiro atoms. The number of hydrogen-bond acceptors (Lipinski definition) is 3. The Morgan fingerprint density at radius 2 is 1.70 bits per heavy atom. The Balaban J connectivity index is 0.00000385. The lowest BCUT2D eigenvalue weighted by molar-refractivity contribution is -0.130. The molecule has 180 valence electrons. The maximum Gasteiger partial charge on any atom is 0.244 e. The first-order chi connectivity index (χ1) is 15.7. The molecule has 7 heteroatoms. The summed E-state index contributed by atoms with van der Waals surface area (Å²) >= 11 is 0. The van der Waals surface area contributed by atoms with E-state index in [1.165, 1.54) is 5.56 Å². The summed E-state index contributed by atoms with van der Waals surface area (Å²) in [6, 6.07) is 20.5. The maximum absolute atomic E-state index is 12.7. The third-order valence-corrected chi connectivity index (χ3v) is 6.06. The summed E-state index contributed by atoms with van der Waals surface area (Å²) in [5, 5.41) is 16.2. The fourth-order valence-electron chi connectivity index (χ4n) is 4.16. The molecule has 1 amide bonds. The van der Waals surface area contributed by atoms with Gasteiger partial charge in [0.25, 0.3) is 0 Å². The Morgan fingerprint density at radius 1 is 1.06 bits per heavy atom. The number of aliphatic imine (C=N–C) groups is 1. The second kappa shape index (κ2) is 14.9. The van der Waals surface area contributed by atoms with Gasteiger partial charge in [-0.25, -0.2) is 4.99 Å². The zero-order valence-electron chi connectivity index (χ0n) is 19.5. The predicted molar refractivity (Wildman–Crippen MR) is 145 cm³/mol. The Labute approximate surface area is 214 Å². The molecule has 0 radical (unpaired) electrons. The average molecular weight is 565 g/mol. The summed E-state index contributed by atoms with van der Waals surface area (Å²) in [4.78, 5) is 19.1. The van der Waals surface area contributed by atoms with Gasteiger partial charge in [-0.2, -0.15) is 0 Å². The van der Waals surface area contributed by atoms with Gasteiger partial charge < -0.3 is 20.6 Å². The molecule has 33 heavy (non-hydrogen) atoms. The van der Waals surface area contributed by atoms with Crippen LogP contribution in [0.25, 0.3) is 0 Å². The summed E-state index contributed by atoms with van der Waals surface area (Å²) in [5.74, 6) is 1.29. The molecule has 1 saturated heterocycles. The lowest BCUT2D eigenvalue weighted by atomic mass is 9.90. The summed E-state index contributed by atoms with van der Waals surface area (Å²) in [6.45, 7) is 5.04. The summed E-state index contributed by atoms with van der Waals surface area (Å²) in [6.07, 6.45) is 3.17. The van der Waals surface area contributed by atoms with Gasteiger partial charge in [-0.05, 0) is 43.2 Å². The standard InChI is InChI=1S/C26H36N4O2.HI/c1-2-27-26(28-18-24(20-31)23-11-7-4-8-12-23)29-19-25(32)30-15-13-22(14-16-30)17-21-9-5-3-6-10-21;/h3-12,22,24,31H,2,13-20H2,1H3,(H2,27,28,29);1H. The van der Waals surface area contributed by atoms with Crippen LogP contribution in [0.5, 0.6) is 0 Å². The Kier molecular flexibility index (Phi) is 12.2. The highest BCUT2D eigenvalue weighted by molar-refractivity contribution is 14.0. The molecule has 1 aliphatic heterocycles. The summed E-state index contributed by atoms with van der Waals surface area (Å²) in [7, 11) is 0. The van der Waals surface area contributed by atoms with Crippen LogP contribution in [0.1, 0.15) is 36.8 Å². The SMILES string of the molecule is CCNC(=NCC(=O)N1CCC(Cc2ccccc2)CC1)NCC(CO)c1ccccc1.I. The van der Waals surface area contributed by atoms with E-state index in [9.17, 15) is 9.90 Å². The van der Waals surface area contributed by atoms with Crippen LogP contribution in [0, 0.1) is 5.92 Å². The Hall–Kier alpha value is -2.13. The van der Waals surface area contributed by atoms with Crippen molar-refractivity contribution in [3.05, 3.63) is 71.8 Å². The number of halogens is 1.